The molecule has 0 unspecified atom stereocenters. The van der Waals surface area contributed by atoms with Crippen LogP contribution in [0.2, 0.25) is 0 Å². The van der Waals surface area contributed by atoms with Crippen molar-refractivity contribution >= 4 is 0 Å². The maximum atomic E-state index is 2.42. The molecule has 0 heteroatoms. The Kier molecular flexibility index (Phi) is 3.25. The first kappa shape index (κ1) is 12.2. The van der Waals surface area contributed by atoms with Crippen LogP contribution in [0.3, 0.4) is 0 Å². The quantitative estimate of drug-likeness (QED) is 0.648. The van der Waals surface area contributed by atoms with E-state index in [-0.39, 0.29) is 5.41 Å². The highest BCUT2D eigenvalue weighted by Gasteiger charge is 2.34. The second-order valence-electron chi connectivity index (χ2n) is 5.57. The summed E-state index contributed by atoms with van der Waals surface area (Å²) in [5, 5.41) is 0. The van der Waals surface area contributed by atoms with E-state index in [0.717, 1.165) is 6.42 Å². The molecule has 19 heavy (non-hydrogen) atoms. The van der Waals surface area contributed by atoms with E-state index in [0.29, 0.717) is 0 Å². The Morgan fingerprint density at radius 1 is 0.789 bits per heavy atom. The van der Waals surface area contributed by atoms with Crippen molar-refractivity contribution in [3.63, 3.8) is 0 Å². The van der Waals surface area contributed by atoms with E-state index in [2.05, 4.69) is 73.7 Å². The molecule has 96 valence electrons. The zero-order chi connectivity index (χ0) is 13.1. The van der Waals surface area contributed by atoms with Gasteiger partial charge in [0.05, 0.1) is 0 Å². The highest BCUT2D eigenvalue weighted by molar-refractivity contribution is 5.41. The van der Waals surface area contributed by atoms with Crippen LogP contribution in [0.4, 0.5) is 0 Å². The lowest BCUT2D eigenvalue weighted by molar-refractivity contribution is 0.455. The van der Waals surface area contributed by atoms with Crippen molar-refractivity contribution in [2.24, 2.45) is 0 Å². The molecular weight excluding hydrogens is 228 g/mol. The number of hydrogen-bond acceptors (Lipinski definition) is 0. The molecule has 1 aliphatic carbocycles. The summed E-state index contributed by atoms with van der Waals surface area (Å²) in [5.74, 6) is 0. The Morgan fingerprint density at radius 3 is 1.74 bits per heavy atom. The molecule has 0 aliphatic heterocycles. The van der Waals surface area contributed by atoms with Crippen LogP contribution in [0.1, 0.15) is 37.3 Å². The molecular formula is C19H20. The smallest absolute Gasteiger partial charge is 0.0240 e. The molecule has 0 saturated heterocycles. The predicted molar refractivity (Wildman–Crippen MR) is 81.3 cm³/mol. The van der Waals surface area contributed by atoms with Crippen LogP contribution in [-0.4, -0.2) is 0 Å². The van der Waals surface area contributed by atoms with Gasteiger partial charge in [0.1, 0.15) is 0 Å². The van der Waals surface area contributed by atoms with Crippen molar-refractivity contribution in [2.45, 2.75) is 31.6 Å². The van der Waals surface area contributed by atoms with Crippen LogP contribution >= 0.6 is 0 Å². The first-order chi connectivity index (χ1) is 9.31. The van der Waals surface area contributed by atoms with Gasteiger partial charge in [0, 0.05) is 5.41 Å². The van der Waals surface area contributed by atoms with Gasteiger partial charge in [-0.2, -0.15) is 0 Å². The highest BCUT2D eigenvalue weighted by Crippen LogP contribution is 2.43. The van der Waals surface area contributed by atoms with Crippen LogP contribution in [-0.2, 0) is 5.41 Å². The maximum absolute atomic E-state index is 2.42. The second-order valence-corrected chi connectivity index (χ2v) is 5.57. The van der Waals surface area contributed by atoms with Crippen molar-refractivity contribution in [1.29, 1.82) is 0 Å². The van der Waals surface area contributed by atoms with Crippen LogP contribution < -0.4 is 0 Å². The topological polar surface area (TPSA) is 0 Å². The van der Waals surface area contributed by atoms with Crippen molar-refractivity contribution in [3.8, 4) is 0 Å². The van der Waals surface area contributed by atoms with Gasteiger partial charge < -0.3 is 0 Å². The molecule has 0 atom stereocenters. The fourth-order valence-electron chi connectivity index (χ4n) is 3.17. The average Bonchev–Trinajstić information content (AvgIpc) is 2.50. The minimum absolute atomic E-state index is 0.169. The summed E-state index contributed by atoms with van der Waals surface area (Å²) in [6, 6.07) is 22.0. The van der Waals surface area contributed by atoms with E-state index in [4.69, 9.17) is 0 Å². The van der Waals surface area contributed by atoms with E-state index in [1.165, 1.54) is 29.5 Å². The number of rotatable bonds is 2. The van der Waals surface area contributed by atoms with Gasteiger partial charge in [-0.3, -0.25) is 0 Å². The minimum Gasteiger partial charge on any atom is -0.0844 e. The highest BCUT2D eigenvalue weighted by atomic mass is 14.4. The van der Waals surface area contributed by atoms with Crippen LogP contribution in [0.25, 0.3) is 0 Å². The van der Waals surface area contributed by atoms with Crippen LogP contribution in [0, 0.1) is 0 Å². The number of benzene rings is 2. The average molecular weight is 248 g/mol. The molecule has 3 rings (SSSR count). The third-order valence-electron chi connectivity index (χ3n) is 4.40. The normalized spacial score (nSPS) is 17.8. The standard InChI is InChI=1S/C19H20/c1-16-12-14-19(15-13-16,17-8-4-2-5-9-17)18-10-6-3-7-11-18/h2-12H,13-15H2,1H3. The molecule has 0 bridgehead atoms. The summed E-state index contributed by atoms with van der Waals surface area (Å²) in [6.45, 7) is 2.25. The third-order valence-corrected chi connectivity index (χ3v) is 4.40. The van der Waals surface area contributed by atoms with E-state index in [1.807, 2.05) is 0 Å². The molecule has 2 aromatic rings. The first-order valence-corrected chi connectivity index (χ1v) is 7.08. The SMILES string of the molecule is CC1=CCC(c2ccccc2)(c2ccccc2)CC1. The minimum atomic E-state index is 0.169. The Balaban J connectivity index is 2.12. The monoisotopic (exact) mass is 248 g/mol. The van der Waals surface area contributed by atoms with Gasteiger partial charge >= 0.3 is 0 Å². The fraction of sp³-hybridized carbons (Fsp3) is 0.263. The van der Waals surface area contributed by atoms with Crippen LogP contribution in [0.5, 0.6) is 0 Å². The second kappa shape index (κ2) is 5.05. The Labute approximate surface area is 115 Å². The Bertz CT molecular complexity index is 524. The molecule has 0 nitrogen and oxygen atoms in total. The van der Waals surface area contributed by atoms with Gasteiger partial charge in [-0.1, -0.05) is 72.3 Å². The Hall–Kier alpha value is -1.82. The summed E-state index contributed by atoms with van der Waals surface area (Å²) >= 11 is 0. The van der Waals surface area contributed by atoms with Gasteiger partial charge in [-0.05, 0) is 37.3 Å². The van der Waals surface area contributed by atoms with E-state index in [9.17, 15) is 0 Å². The maximum Gasteiger partial charge on any atom is 0.0240 e. The Morgan fingerprint density at radius 2 is 1.32 bits per heavy atom. The summed E-state index contributed by atoms with van der Waals surface area (Å²) < 4.78 is 0. The van der Waals surface area contributed by atoms with Gasteiger partial charge in [0.25, 0.3) is 0 Å². The largest absolute Gasteiger partial charge is 0.0844 e. The first-order valence-electron chi connectivity index (χ1n) is 7.08. The molecule has 0 heterocycles. The lowest BCUT2D eigenvalue weighted by Crippen LogP contribution is -2.29. The fourth-order valence-corrected chi connectivity index (χ4v) is 3.17. The van der Waals surface area contributed by atoms with Crippen molar-refractivity contribution in [1.82, 2.24) is 0 Å². The molecule has 0 fully saturated rings. The van der Waals surface area contributed by atoms with Gasteiger partial charge in [-0.15, -0.1) is 0 Å². The number of hydrogen-bond donors (Lipinski definition) is 0. The molecule has 2 aromatic carbocycles. The molecule has 0 N–H and O–H groups in total. The van der Waals surface area contributed by atoms with E-state index < -0.39 is 0 Å². The summed E-state index contributed by atoms with van der Waals surface area (Å²) in [4.78, 5) is 0. The lowest BCUT2D eigenvalue weighted by atomic mass is 9.66. The zero-order valence-electron chi connectivity index (χ0n) is 11.5. The molecule has 0 spiro atoms. The van der Waals surface area contributed by atoms with Crippen molar-refractivity contribution in [3.05, 3.63) is 83.4 Å². The van der Waals surface area contributed by atoms with Crippen LogP contribution in [0.15, 0.2) is 72.3 Å². The summed E-state index contributed by atoms with van der Waals surface area (Å²) in [6.07, 6.45) is 5.95. The lowest BCUT2D eigenvalue weighted by Gasteiger charge is -2.37. The summed E-state index contributed by atoms with van der Waals surface area (Å²) in [5.41, 5.74) is 4.60. The van der Waals surface area contributed by atoms with Crippen molar-refractivity contribution < 1.29 is 0 Å². The number of allylic oxidation sites excluding steroid dienone is 2. The third kappa shape index (κ3) is 2.23. The molecule has 0 aromatic heterocycles. The van der Waals surface area contributed by atoms with Gasteiger partial charge in [-0.25, -0.2) is 0 Å². The van der Waals surface area contributed by atoms with Crippen molar-refractivity contribution in [2.75, 3.05) is 0 Å². The molecule has 0 amide bonds. The molecule has 0 saturated carbocycles. The summed E-state index contributed by atoms with van der Waals surface area (Å²) in [7, 11) is 0. The van der Waals surface area contributed by atoms with E-state index >= 15 is 0 Å². The van der Waals surface area contributed by atoms with E-state index in [1.54, 1.807) is 0 Å². The van der Waals surface area contributed by atoms with Gasteiger partial charge in [0.15, 0.2) is 0 Å². The molecule has 1 aliphatic rings. The predicted octanol–water partition coefficient (Wildman–Crippen LogP) is 5.10. The molecule has 0 radical (unpaired) electrons. The zero-order valence-corrected chi connectivity index (χ0v) is 11.5. The van der Waals surface area contributed by atoms with Gasteiger partial charge in [0.2, 0.25) is 0 Å².